The van der Waals surface area contributed by atoms with E-state index >= 15 is 0 Å². The number of furan rings is 1. The Morgan fingerprint density at radius 3 is 2.61 bits per heavy atom. The van der Waals surface area contributed by atoms with Crippen molar-refractivity contribution in [2.75, 3.05) is 0 Å². The third-order valence-corrected chi connectivity index (χ3v) is 4.14. The van der Waals surface area contributed by atoms with Crippen LogP contribution in [0.4, 0.5) is 0 Å². The Morgan fingerprint density at radius 2 is 2.06 bits per heavy atom. The van der Waals surface area contributed by atoms with Crippen LogP contribution < -0.4 is 0 Å². The highest BCUT2D eigenvalue weighted by Crippen LogP contribution is 2.42. The van der Waals surface area contributed by atoms with Gasteiger partial charge < -0.3 is 9.52 Å². The summed E-state index contributed by atoms with van der Waals surface area (Å²) in [6, 6.07) is 1.90. The topological polar surface area (TPSA) is 50.4 Å². The maximum atomic E-state index is 12.0. The second-order valence-corrected chi connectivity index (χ2v) is 5.93. The van der Waals surface area contributed by atoms with Gasteiger partial charge in [0.2, 0.25) is 0 Å². The SMILES string of the molecule is Cc1ccoc1C[C@H]1C(C)(C)C(=O)C=C[C@]1(C)O. The van der Waals surface area contributed by atoms with E-state index in [9.17, 15) is 9.90 Å². The quantitative estimate of drug-likeness (QED) is 0.875. The van der Waals surface area contributed by atoms with Gasteiger partial charge >= 0.3 is 0 Å². The number of ketones is 1. The molecular weight excluding hydrogens is 228 g/mol. The molecule has 0 amide bonds. The standard InChI is InChI=1S/C15H20O3/c1-10-6-8-18-11(10)9-12-14(2,3)13(16)5-7-15(12,4)17/h5-8,12,17H,9H2,1-4H3/t12-,15-/m0/s1. The molecule has 1 aromatic heterocycles. The maximum absolute atomic E-state index is 12.0. The van der Waals surface area contributed by atoms with Crippen LogP contribution in [0.15, 0.2) is 28.9 Å². The second kappa shape index (κ2) is 4.09. The molecule has 0 fully saturated rings. The molecule has 1 aliphatic carbocycles. The van der Waals surface area contributed by atoms with E-state index in [1.165, 1.54) is 6.08 Å². The lowest BCUT2D eigenvalue weighted by molar-refractivity contribution is -0.132. The van der Waals surface area contributed by atoms with Gasteiger partial charge in [0.1, 0.15) is 5.76 Å². The lowest BCUT2D eigenvalue weighted by atomic mass is 9.62. The first kappa shape index (κ1) is 13.1. The highest BCUT2D eigenvalue weighted by atomic mass is 16.3. The third kappa shape index (κ3) is 2.03. The van der Waals surface area contributed by atoms with E-state index in [-0.39, 0.29) is 11.7 Å². The van der Waals surface area contributed by atoms with E-state index in [1.54, 1.807) is 19.3 Å². The van der Waals surface area contributed by atoms with Crippen molar-refractivity contribution in [3.8, 4) is 0 Å². The van der Waals surface area contributed by atoms with Crippen molar-refractivity contribution in [1.29, 1.82) is 0 Å². The van der Waals surface area contributed by atoms with Gasteiger partial charge in [-0.3, -0.25) is 4.79 Å². The molecule has 0 spiro atoms. The minimum absolute atomic E-state index is 0.0586. The molecule has 98 valence electrons. The molecule has 0 aromatic carbocycles. The fourth-order valence-corrected chi connectivity index (χ4v) is 2.74. The minimum Gasteiger partial charge on any atom is -0.469 e. The first-order valence-electron chi connectivity index (χ1n) is 6.24. The predicted molar refractivity (Wildman–Crippen MR) is 69.2 cm³/mol. The fraction of sp³-hybridized carbons (Fsp3) is 0.533. The van der Waals surface area contributed by atoms with E-state index < -0.39 is 11.0 Å². The largest absolute Gasteiger partial charge is 0.469 e. The Balaban J connectivity index is 2.37. The molecular formula is C15H20O3. The summed E-state index contributed by atoms with van der Waals surface area (Å²) >= 11 is 0. The number of hydrogen-bond acceptors (Lipinski definition) is 3. The average Bonchev–Trinajstić information content (AvgIpc) is 2.66. The van der Waals surface area contributed by atoms with Gasteiger partial charge in [0.25, 0.3) is 0 Å². The molecule has 18 heavy (non-hydrogen) atoms. The summed E-state index contributed by atoms with van der Waals surface area (Å²) in [5.74, 6) is 0.715. The number of hydrogen-bond donors (Lipinski definition) is 1. The zero-order chi connectivity index (χ0) is 13.6. The highest BCUT2D eigenvalue weighted by molar-refractivity contribution is 5.95. The molecule has 1 N–H and O–H groups in total. The van der Waals surface area contributed by atoms with Crippen molar-refractivity contribution in [2.45, 2.75) is 39.7 Å². The Kier molecular flexibility index (Phi) is 2.98. The lowest BCUT2D eigenvalue weighted by Gasteiger charge is -2.43. The number of aryl methyl sites for hydroxylation is 1. The van der Waals surface area contributed by atoms with Crippen LogP contribution in [0.5, 0.6) is 0 Å². The van der Waals surface area contributed by atoms with Gasteiger partial charge in [-0.15, -0.1) is 0 Å². The fourth-order valence-electron chi connectivity index (χ4n) is 2.74. The van der Waals surface area contributed by atoms with Gasteiger partial charge in [0, 0.05) is 17.8 Å². The van der Waals surface area contributed by atoms with Crippen molar-refractivity contribution in [3.63, 3.8) is 0 Å². The molecule has 2 atom stereocenters. The van der Waals surface area contributed by atoms with Gasteiger partial charge in [-0.2, -0.15) is 0 Å². The summed E-state index contributed by atoms with van der Waals surface area (Å²) in [5.41, 5.74) is -0.516. The monoisotopic (exact) mass is 248 g/mol. The molecule has 3 heteroatoms. The van der Waals surface area contributed by atoms with Gasteiger partial charge in [-0.25, -0.2) is 0 Å². The van der Waals surface area contributed by atoms with Crippen LogP contribution in [0.25, 0.3) is 0 Å². The molecule has 0 radical (unpaired) electrons. The van der Waals surface area contributed by atoms with Gasteiger partial charge in [-0.05, 0) is 37.6 Å². The first-order valence-corrected chi connectivity index (χ1v) is 6.24. The van der Waals surface area contributed by atoms with Crippen LogP contribution in [0.3, 0.4) is 0 Å². The van der Waals surface area contributed by atoms with Gasteiger partial charge in [0.05, 0.1) is 11.9 Å². The molecule has 0 saturated carbocycles. The van der Waals surface area contributed by atoms with Crippen LogP contribution in [0.2, 0.25) is 0 Å². The molecule has 0 saturated heterocycles. The van der Waals surface area contributed by atoms with Crippen LogP contribution in [0.1, 0.15) is 32.1 Å². The lowest BCUT2D eigenvalue weighted by Crippen LogP contribution is -2.49. The Bertz CT molecular complexity index is 492. The summed E-state index contributed by atoms with van der Waals surface area (Å²) in [6.07, 6.45) is 5.30. The van der Waals surface area contributed by atoms with Crippen LogP contribution >= 0.6 is 0 Å². The summed E-state index contributed by atoms with van der Waals surface area (Å²) in [5, 5.41) is 10.5. The van der Waals surface area contributed by atoms with E-state index in [0.717, 1.165) is 11.3 Å². The number of aliphatic hydroxyl groups is 1. The summed E-state index contributed by atoms with van der Waals surface area (Å²) in [4.78, 5) is 12.0. The van der Waals surface area contributed by atoms with Crippen LogP contribution in [0, 0.1) is 18.3 Å². The molecule has 0 bridgehead atoms. The van der Waals surface area contributed by atoms with Crippen molar-refractivity contribution in [1.82, 2.24) is 0 Å². The Morgan fingerprint density at radius 1 is 1.39 bits per heavy atom. The molecule has 2 rings (SSSR count). The first-order chi connectivity index (χ1) is 8.25. The third-order valence-electron chi connectivity index (χ3n) is 4.14. The van der Waals surface area contributed by atoms with E-state index in [2.05, 4.69) is 0 Å². The summed E-state index contributed by atoms with van der Waals surface area (Å²) in [6.45, 7) is 7.49. The maximum Gasteiger partial charge on any atom is 0.161 e. The van der Waals surface area contributed by atoms with E-state index in [4.69, 9.17) is 4.42 Å². The summed E-state index contributed by atoms with van der Waals surface area (Å²) in [7, 11) is 0. The predicted octanol–water partition coefficient (Wildman–Crippen LogP) is 2.66. The highest BCUT2D eigenvalue weighted by Gasteiger charge is 2.48. The van der Waals surface area contributed by atoms with Gasteiger partial charge in [-0.1, -0.05) is 13.8 Å². The molecule has 1 aromatic rings. The zero-order valence-electron chi connectivity index (χ0n) is 11.4. The molecule has 0 aliphatic heterocycles. The number of rotatable bonds is 2. The second-order valence-electron chi connectivity index (χ2n) is 5.93. The van der Waals surface area contributed by atoms with Crippen molar-refractivity contribution < 1.29 is 14.3 Å². The number of allylic oxidation sites excluding steroid dienone is 1. The van der Waals surface area contributed by atoms with Crippen molar-refractivity contribution >= 4 is 5.78 Å². The smallest absolute Gasteiger partial charge is 0.161 e. The van der Waals surface area contributed by atoms with Crippen molar-refractivity contribution in [3.05, 3.63) is 35.8 Å². The normalized spacial score (nSPS) is 30.7. The molecule has 1 aliphatic rings. The minimum atomic E-state index is -0.989. The molecule has 0 unspecified atom stereocenters. The summed E-state index contributed by atoms with van der Waals surface area (Å²) < 4.78 is 5.44. The number of carbonyl (C=O) groups excluding carboxylic acids is 1. The van der Waals surface area contributed by atoms with Gasteiger partial charge in [0.15, 0.2) is 5.78 Å². The molecule has 1 heterocycles. The Hall–Kier alpha value is -1.35. The Labute approximate surface area is 108 Å². The molecule has 3 nitrogen and oxygen atoms in total. The van der Waals surface area contributed by atoms with Crippen LogP contribution in [-0.4, -0.2) is 16.5 Å². The number of carbonyl (C=O) groups is 1. The van der Waals surface area contributed by atoms with E-state index in [0.29, 0.717) is 6.42 Å². The zero-order valence-corrected chi connectivity index (χ0v) is 11.4. The van der Waals surface area contributed by atoms with E-state index in [1.807, 2.05) is 26.8 Å². The average molecular weight is 248 g/mol. The van der Waals surface area contributed by atoms with Crippen molar-refractivity contribution in [2.24, 2.45) is 11.3 Å². The van der Waals surface area contributed by atoms with Crippen LogP contribution in [-0.2, 0) is 11.2 Å².